The minimum absolute atomic E-state index is 1.06. The highest BCUT2D eigenvalue weighted by Crippen LogP contribution is 2.47. The van der Waals surface area contributed by atoms with Crippen LogP contribution in [0.2, 0.25) is 0 Å². The average Bonchev–Trinajstić information content (AvgIpc) is 3.69. The van der Waals surface area contributed by atoms with E-state index in [4.69, 9.17) is 0 Å². The molecule has 2 nitrogen and oxygen atoms in total. The van der Waals surface area contributed by atoms with Crippen molar-refractivity contribution in [3.05, 3.63) is 255 Å². The van der Waals surface area contributed by atoms with Crippen LogP contribution in [-0.2, 0) is 0 Å². The first-order chi connectivity index (χ1) is 30.8. The van der Waals surface area contributed by atoms with Crippen molar-refractivity contribution < 1.29 is 0 Å². The van der Waals surface area contributed by atoms with Gasteiger partial charge in [0.05, 0.1) is 22.4 Å². The Hall–Kier alpha value is -8.20. The second-order valence-corrected chi connectivity index (χ2v) is 15.7. The molecule has 0 amide bonds. The molecule has 11 rings (SSSR count). The van der Waals surface area contributed by atoms with Gasteiger partial charge in [-0.25, -0.2) is 0 Å². The lowest BCUT2D eigenvalue weighted by Crippen LogP contribution is -2.12. The predicted molar refractivity (Wildman–Crippen MR) is 263 cm³/mol. The Bertz CT molecular complexity index is 3330. The molecule has 0 atom stereocenters. The molecule has 0 radical (unpaired) electrons. The van der Waals surface area contributed by atoms with Crippen molar-refractivity contribution >= 4 is 38.9 Å². The van der Waals surface area contributed by atoms with E-state index in [0.29, 0.717) is 0 Å². The number of hydrogen-bond donors (Lipinski definition) is 0. The Morgan fingerprint density at radius 2 is 0.694 bits per heavy atom. The summed E-state index contributed by atoms with van der Waals surface area (Å²) in [5, 5.41) is 2.43. The first-order valence-electron chi connectivity index (χ1n) is 21.3. The zero-order valence-electron chi connectivity index (χ0n) is 34.1. The average molecular weight is 791 g/mol. The molecule has 0 aliphatic rings. The molecular weight excluding hydrogens is 749 g/mol. The van der Waals surface area contributed by atoms with Gasteiger partial charge in [-0.15, -0.1) is 0 Å². The van der Waals surface area contributed by atoms with Crippen LogP contribution in [0.25, 0.3) is 83.1 Å². The van der Waals surface area contributed by atoms with Crippen LogP contribution in [0, 0.1) is 0 Å². The zero-order valence-corrected chi connectivity index (χ0v) is 34.1. The van der Waals surface area contributed by atoms with Gasteiger partial charge in [-0.05, 0) is 87.0 Å². The molecule has 62 heavy (non-hydrogen) atoms. The summed E-state index contributed by atoms with van der Waals surface area (Å²) in [6.45, 7) is 0. The SMILES string of the molecule is c1ccc(-c2ccc(N(c3ccc4c5ccccc5n(-c5ccccc5-c5ccccc5)c4c3)c3ccccc3-c3ccccc3-c3ccccc3)cc2-c2ccccc2)cc1. The molecule has 1 aromatic heterocycles. The van der Waals surface area contributed by atoms with E-state index in [-0.39, 0.29) is 0 Å². The molecule has 0 N–H and O–H groups in total. The summed E-state index contributed by atoms with van der Waals surface area (Å²) in [6, 6.07) is 92.2. The van der Waals surface area contributed by atoms with Crippen LogP contribution in [0.4, 0.5) is 17.1 Å². The van der Waals surface area contributed by atoms with E-state index < -0.39 is 0 Å². The van der Waals surface area contributed by atoms with Crippen molar-refractivity contribution in [1.29, 1.82) is 0 Å². The Balaban J connectivity index is 1.20. The van der Waals surface area contributed by atoms with Crippen LogP contribution in [0.1, 0.15) is 0 Å². The van der Waals surface area contributed by atoms with Crippen molar-refractivity contribution in [2.24, 2.45) is 0 Å². The maximum atomic E-state index is 2.46. The largest absolute Gasteiger partial charge is 0.310 e. The molecule has 0 spiro atoms. The standard InChI is InChI=1S/C60H42N2/c1-5-21-43(22-6-1)49-29-13-14-31-52(49)53-32-16-19-35-58(53)61(47-37-39-50(44-23-7-2-8-24-44)56(41-47)46-27-11-4-12-28-46)48-38-40-55-54-33-17-20-36-59(54)62(60(55)42-48)57-34-18-15-30-51(57)45-25-9-3-10-26-45/h1-42H. The third-order valence-corrected chi connectivity index (χ3v) is 12.0. The number of nitrogens with zero attached hydrogens (tertiary/aromatic N) is 2. The van der Waals surface area contributed by atoms with Gasteiger partial charge in [0, 0.05) is 33.3 Å². The summed E-state index contributed by atoms with van der Waals surface area (Å²) in [7, 11) is 0. The van der Waals surface area contributed by atoms with Crippen molar-refractivity contribution in [2.75, 3.05) is 4.90 Å². The van der Waals surface area contributed by atoms with E-state index in [1.54, 1.807) is 0 Å². The summed E-state index contributed by atoms with van der Waals surface area (Å²) in [4.78, 5) is 2.46. The fraction of sp³-hybridized carbons (Fsp3) is 0. The number of hydrogen-bond acceptors (Lipinski definition) is 1. The van der Waals surface area contributed by atoms with Gasteiger partial charge in [-0.3, -0.25) is 0 Å². The van der Waals surface area contributed by atoms with Crippen molar-refractivity contribution in [2.45, 2.75) is 0 Å². The lowest BCUT2D eigenvalue weighted by Gasteiger charge is -2.29. The number of anilines is 3. The summed E-state index contributed by atoms with van der Waals surface area (Å²) in [6.07, 6.45) is 0. The zero-order chi connectivity index (χ0) is 41.2. The third-order valence-electron chi connectivity index (χ3n) is 12.0. The van der Waals surface area contributed by atoms with Gasteiger partial charge < -0.3 is 9.47 Å². The third kappa shape index (κ3) is 6.65. The van der Waals surface area contributed by atoms with Crippen LogP contribution in [-0.4, -0.2) is 4.57 Å². The van der Waals surface area contributed by atoms with Gasteiger partial charge >= 0.3 is 0 Å². The normalized spacial score (nSPS) is 11.2. The Morgan fingerprint density at radius 3 is 1.35 bits per heavy atom. The molecular formula is C60H42N2. The van der Waals surface area contributed by atoms with Crippen LogP contribution >= 0.6 is 0 Å². The Labute approximate surface area is 362 Å². The number of aromatic nitrogens is 1. The monoisotopic (exact) mass is 790 g/mol. The molecule has 292 valence electrons. The lowest BCUT2D eigenvalue weighted by atomic mass is 9.92. The molecule has 10 aromatic carbocycles. The summed E-state index contributed by atoms with van der Waals surface area (Å²) in [5.74, 6) is 0. The van der Waals surface area contributed by atoms with E-state index in [1.807, 2.05) is 0 Å². The number of benzene rings is 10. The highest BCUT2D eigenvalue weighted by Gasteiger charge is 2.23. The molecule has 0 fully saturated rings. The summed E-state index contributed by atoms with van der Waals surface area (Å²) in [5.41, 5.74) is 18.5. The fourth-order valence-corrected chi connectivity index (χ4v) is 9.20. The highest BCUT2D eigenvalue weighted by atomic mass is 15.1. The molecule has 11 aromatic rings. The lowest BCUT2D eigenvalue weighted by molar-refractivity contribution is 1.18. The van der Waals surface area contributed by atoms with E-state index >= 15 is 0 Å². The molecule has 0 bridgehead atoms. The molecule has 0 saturated heterocycles. The summed E-state index contributed by atoms with van der Waals surface area (Å²) < 4.78 is 2.46. The Kier molecular flexibility index (Phi) is 9.57. The van der Waals surface area contributed by atoms with E-state index in [2.05, 4.69) is 264 Å². The molecule has 0 saturated carbocycles. The minimum atomic E-state index is 1.06. The number of fused-ring (bicyclic) bond motifs is 3. The van der Waals surface area contributed by atoms with Gasteiger partial charge in [0.2, 0.25) is 0 Å². The highest BCUT2D eigenvalue weighted by molar-refractivity contribution is 6.11. The van der Waals surface area contributed by atoms with Gasteiger partial charge in [0.1, 0.15) is 0 Å². The van der Waals surface area contributed by atoms with Gasteiger partial charge in [0.15, 0.2) is 0 Å². The fourth-order valence-electron chi connectivity index (χ4n) is 9.20. The molecule has 2 heteroatoms. The van der Waals surface area contributed by atoms with Crippen LogP contribution in [0.15, 0.2) is 255 Å². The van der Waals surface area contributed by atoms with Crippen LogP contribution in [0.5, 0.6) is 0 Å². The van der Waals surface area contributed by atoms with Gasteiger partial charge in [0.25, 0.3) is 0 Å². The quantitative estimate of drug-likeness (QED) is 0.141. The first-order valence-corrected chi connectivity index (χ1v) is 21.3. The van der Waals surface area contributed by atoms with Crippen molar-refractivity contribution in [3.8, 4) is 61.3 Å². The molecule has 0 aliphatic carbocycles. The van der Waals surface area contributed by atoms with E-state index in [1.165, 1.54) is 66.4 Å². The van der Waals surface area contributed by atoms with Crippen LogP contribution in [0.3, 0.4) is 0 Å². The van der Waals surface area contributed by atoms with Gasteiger partial charge in [-0.1, -0.05) is 212 Å². The van der Waals surface area contributed by atoms with Crippen molar-refractivity contribution in [3.63, 3.8) is 0 Å². The number of rotatable bonds is 9. The Morgan fingerprint density at radius 1 is 0.258 bits per heavy atom. The predicted octanol–water partition coefficient (Wildman–Crippen LogP) is 16.6. The molecule has 0 aliphatic heterocycles. The first kappa shape index (κ1) is 36.8. The molecule has 0 unspecified atom stereocenters. The number of para-hydroxylation sites is 3. The minimum Gasteiger partial charge on any atom is -0.310 e. The second-order valence-electron chi connectivity index (χ2n) is 15.7. The molecule has 1 heterocycles. The smallest absolute Gasteiger partial charge is 0.0562 e. The van der Waals surface area contributed by atoms with E-state index in [0.717, 1.165) is 33.8 Å². The topological polar surface area (TPSA) is 8.17 Å². The summed E-state index contributed by atoms with van der Waals surface area (Å²) >= 11 is 0. The van der Waals surface area contributed by atoms with Gasteiger partial charge in [-0.2, -0.15) is 0 Å². The maximum Gasteiger partial charge on any atom is 0.0562 e. The van der Waals surface area contributed by atoms with Crippen molar-refractivity contribution in [1.82, 2.24) is 4.57 Å². The maximum absolute atomic E-state index is 2.46. The van der Waals surface area contributed by atoms with E-state index in [9.17, 15) is 0 Å². The second kappa shape index (κ2) is 16.1. The van der Waals surface area contributed by atoms with Crippen LogP contribution < -0.4 is 4.90 Å².